The number of aromatic nitrogens is 1. The molecule has 0 aliphatic carbocycles. The van der Waals surface area contributed by atoms with E-state index < -0.39 is 0 Å². The fourth-order valence-electron chi connectivity index (χ4n) is 2.20. The van der Waals surface area contributed by atoms with Crippen molar-refractivity contribution in [3.63, 3.8) is 0 Å². The van der Waals surface area contributed by atoms with E-state index in [9.17, 15) is 0 Å². The van der Waals surface area contributed by atoms with Crippen LogP contribution in [-0.2, 0) is 13.0 Å². The van der Waals surface area contributed by atoms with Gasteiger partial charge in [-0.3, -0.25) is 4.99 Å². The second-order valence-electron chi connectivity index (χ2n) is 5.17. The van der Waals surface area contributed by atoms with Crippen LogP contribution in [0.2, 0.25) is 5.15 Å². The van der Waals surface area contributed by atoms with Gasteiger partial charge >= 0.3 is 0 Å². The van der Waals surface area contributed by atoms with Gasteiger partial charge in [-0.2, -0.15) is 0 Å². The molecule has 0 unspecified atom stereocenters. The molecule has 1 aromatic heterocycles. The molecule has 25 heavy (non-hydrogen) atoms. The first-order valence-corrected chi connectivity index (χ1v) is 8.35. The van der Waals surface area contributed by atoms with Gasteiger partial charge in [-0.15, -0.1) is 24.0 Å². The van der Waals surface area contributed by atoms with Gasteiger partial charge in [-0.05, 0) is 42.7 Å². The number of nitrogens with one attached hydrogen (secondary N) is 2. The molecular formula is C18H24ClIN4O. The summed E-state index contributed by atoms with van der Waals surface area (Å²) in [6.07, 6.45) is 2.64. The van der Waals surface area contributed by atoms with Crippen LogP contribution in [0.5, 0.6) is 5.75 Å². The topological polar surface area (TPSA) is 58.5 Å². The van der Waals surface area contributed by atoms with Gasteiger partial charge in [0.15, 0.2) is 5.96 Å². The van der Waals surface area contributed by atoms with Crippen LogP contribution in [0.15, 0.2) is 47.6 Å². The molecule has 0 bridgehead atoms. The zero-order valence-electron chi connectivity index (χ0n) is 14.5. The smallest absolute Gasteiger partial charge is 0.191 e. The summed E-state index contributed by atoms with van der Waals surface area (Å²) in [5.74, 6) is 1.65. The predicted molar refractivity (Wildman–Crippen MR) is 114 cm³/mol. The molecule has 0 amide bonds. The molecular weight excluding hydrogens is 451 g/mol. The standard InChI is InChI=1S/C18H23ClN4O.HI/c1-3-24-16-6-4-5-15(11-16)13-23-18(20-2)21-10-9-14-7-8-17(19)22-12-14;/h4-8,11-12H,3,9-10,13H2,1-2H3,(H2,20,21,23);1H. The fraction of sp³-hybridized carbons (Fsp3) is 0.333. The molecule has 7 heteroatoms. The van der Waals surface area contributed by atoms with Crippen LogP contribution in [0.25, 0.3) is 0 Å². The first-order valence-electron chi connectivity index (χ1n) is 7.98. The van der Waals surface area contributed by atoms with Gasteiger partial charge in [0.2, 0.25) is 0 Å². The molecule has 0 radical (unpaired) electrons. The summed E-state index contributed by atoms with van der Waals surface area (Å²) < 4.78 is 5.51. The lowest BCUT2D eigenvalue weighted by Crippen LogP contribution is -2.37. The van der Waals surface area contributed by atoms with Crippen LogP contribution in [0.4, 0.5) is 0 Å². The van der Waals surface area contributed by atoms with Crippen LogP contribution < -0.4 is 15.4 Å². The fourth-order valence-corrected chi connectivity index (χ4v) is 2.31. The molecule has 0 aliphatic rings. The summed E-state index contributed by atoms with van der Waals surface area (Å²) in [7, 11) is 1.76. The Morgan fingerprint density at radius 1 is 1.20 bits per heavy atom. The molecule has 1 heterocycles. The van der Waals surface area contributed by atoms with Gasteiger partial charge < -0.3 is 15.4 Å². The van der Waals surface area contributed by atoms with E-state index in [1.54, 1.807) is 19.3 Å². The number of ether oxygens (including phenoxy) is 1. The average Bonchev–Trinajstić information content (AvgIpc) is 2.60. The Bertz CT molecular complexity index is 664. The maximum Gasteiger partial charge on any atom is 0.191 e. The Balaban J connectivity index is 0.00000312. The molecule has 0 aliphatic heterocycles. The summed E-state index contributed by atoms with van der Waals surface area (Å²) in [5.41, 5.74) is 2.28. The van der Waals surface area contributed by atoms with E-state index in [4.69, 9.17) is 16.3 Å². The maximum absolute atomic E-state index is 5.78. The minimum absolute atomic E-state index is 0. The average molecular weight is 475 g/mol. The van der Waals surface area contributed by atoms with Gasteiger partial charge in [-0.25, -0.2) is 4.98 Å². The Morgan fingerprint density at radius 2 is 2.04 bits per heavy atom. The number of benzene rings is 1. The van der Waals surface area contributed by atoms with E-state index >= 15 is 0 Å². The van der Waals surface area contributed by atoms with Crippen molar-refractivity contribution in [2.24, 2.45) is 4.99 Å². The van der Waals surface area contributed by atoms with Gasteiger partial charge in [-0.1, -0.05) is 29.8 Å². The quantitative estimate of drug-likeness (QED) is 0.278. The summed E-state index contributed by atoms with van der Waals surface area (Å²) in [6.45, 7) is 4.09. The Morgan fingerprint density at radius 3 is 2.72 bits per heavy atom. The highest BCUT2D eigenvalue weighted by Crippen LogP contribution is 2.12. The van der Waals surface area contributed by atoms with Gasteiger partial charge in [0.05, 0.1) is 6.61 Å². The zero-order valence-corrected chi connectivity index (χ0v) is 17.5. The van der Waals surface area contributed by atoms with Crippen molar-refractivity contribution in [3.05, 3.63) is 58.9 Å². The molecule has 1 aromatic carbocycles. The SMILES string of the molecule is CCOc1cccc(CNC(=NC)NCCc2ccc(Cl)nc2)c1.I. The Kier molecular flexibility index (Phi) is 10.3. The number of hydrogen-bond donors (Lipinski definition) is 2. The van der Waals surface area contributed by atoms with E-state index in [0.29, 0.717) is 18.3 Å². The number of hydrogen-bond acceptors (Lipinski definition) is 3. The van der Waals surface area contributed by atoms with Crippen molar-refractivity contribution in [1.82, 2.24) is 15.6 Å². The van der Waals surface area contributed by atoms with Crippen molar-refractivity contribution >= 4 is 41.5 Å². The van der Waals surface area contributed by atoms with E-state index in [0.717, 1.165) is 35.8 Å². The number of guanidine groups is 1. The molecule has 2 N–H and O–H groups in total. The van der Waals surface area contributed by atoms with Crippen molar-refractivity contribution in [2.75, 3.05) is 20.2 Å². The number of rotatable bonds is 7. The predicted octanol–water partition coefficient (Wildman–Crippen LogP) is 3.66. The summed E-state index contributed by atoms with van der Waals surface area (Å²) in [6, 6.07) is 11.8. The maximum atomic E-state index is 5.78. The normalized spacial score (nSPS) is 10.8. The summed E-state index contributed by atoms with van der Waals surface area (Å²) in [5, 5.41) is 7.10. The van der Waals surface area contributed by atoms with Crippen LogP contribution >= 0.6 is 35.6 Å². The molecule has 136 valence electrons. The molecule has 0 saturated heterocycles. The first-order chi connectivity index (χ1) is 11.7. The third-order valence-corrected chi connectivity index (χ3v) is 3.61. The van der Waals surface area contributed by atoms with Crippen molar-refractivity contribution < 1.29 is 4.74 Å². The third-order valence-electron chi connectivity index (χ3n) is 3.39. The molecule has 0 atom stereocenters. The monoisotopic (exact) mass is 474 g/mol. The molecule has 2 rings (SSSR count). The highest BCUT2D eigenvalue weighted by molar-refractivity contribution is 14.0. The molecule has 0 spiro atoms. The van der Waals surface area contributed by atoms with Gasteiger partial charge in [0.1, 0.15) is 10.9 Å². The lowest BCUT2D eigenvalue weighted by atomic mass is 10.2. The zero-order chi connectivity index (χ0) is 17.2. The summed E-state index contributed by atoms with van der Waals surface area (Å²) in [4.78, 5) is 8.31. The Hall–Kier alpha value is -1.54. The lowest BCUT2D eigenvalue weighted by molar-refractivity contribution is 0.340. The van der Waals surface area contributed by atoms with Gasteiger partial charge in [0, 0.05) is 26.3 Å². The summed E-state index contributed by atoms with van der Waals surface area (Å²) >= 11 is 5.78. The van der Waals surface area contributed by atoms with Crippen molar-refractivity contribution in [3.8, 4) is 5.75 Å². The van der Waals surface area contributed by atoms with E-state index in [2.05, 4.69) is 26.7 Å². The first kappa shape index (κ1) is 21.5. The number of halogens is 2. The number of aliphatic imine (C=N–C) groups is 1. The largest absolute Gasteiger partial charge is 0.494 e. The van der Waals surface area contributed by atoms with Crippen molar-refractivity contribution in [1.29, 1.82) is 0 Å². The second kappa shape index (κ2) is 11.9. The highest BCUT2D eigenvalue weighted by Gasteiger charge is 2.01. The van der Waals surface area contributed by atoms with E-state index in [1.165, 1.54) is 0 Å². The van der Waals surface area contributed by atoms with Gasteiger partial charge in [0.25, 0.3) is 0 Å². The molecule has 0 saturated carbocycles. The number of nitrogens with zero attached hydrogens (tertiary/aromatic N) is 2. The second-order valence-corrected chi connectivity index (χ2v) is 5.56. The van der Waals surface area contributed by atoms with E-state index in [-0.39, 0.29) is 24.0 Å². The lowest BCUT2D eigenvalue weighted by Gasteiger charge is -2.12. The van der Waals surface area contributed by atoms with Crippen LogP contribution in [0.1, 0.15) is 18.1 Å². The molecule has 2 aromatic rings. The molecule has 5 nitrogen and oxygen atoms in total. The van der Waals surface area contributed by atoms with Crippen molar-refractivity contribution in [2.45, 2.75) is 19.9 Å². The Labute approximate surface area is 171 Å². The molecule has 0 fully saturated rings. The van der Waals surface area contributed by atoms with Crippen LogP contribution in [-0.4, -0.2) is 31.1 Å². The van der Waals surface area contributed by atoms with E-state index in [1.807, 2.05) is 31.2 Å². The highest BCUT2D eigenvalue weighted by atomic mass is 127. The number of pyridine rings is 1. The minimum atomic E-state index is 0. The minimum Gasteiger partial charge on any atom is -0.494 e. The van der Waals surface area contributed by atoms with Crippen LogP contribution in [0.3, 0.4) is 0 Å². The third kappa shape index (κ3) is 7.92. The van der Waals surface area contributed by atoms with Crippen LogP contribution in [0, 0.1) is 0 Å².